The van der Waals surface area contributed by atoms with Crippen LogP contribution in [0.2, 0.25) is 0 Å². The van der Waals surface area contributed by atoms with Gasteiger partial charge in [0.05, 0.1) is 6.61 Å². The summed E-state index contributed by atoms with van der Waals surface area (Å²) in [6, 6.07) is 6.63. The van der Waals surface area contributed by atoms with Crippen molar-refractivity contribution >= 4 is 10.4 Å². The standard InChI is InChI=1S/C18H28O9S/c1-2-3-4-5-8-12-9-6-7-10-13(12)26-28(23,24)27-18-17(22)16(21)15(20)14(11-19)25-18/h6-7,9-10,14-22H,2-5,8,11H2,1H3/t14-,15+,16+,17-,18+/m1/s1. The van der Waals surface area contributed by atoms with Crippen LogP contribution in [0, 0.1) is 0 Å². The van der Waals surface area contributed by atoms with Crippen LogP contribution in [0.25, 0.3) is 0 Å². The monoisotopic (exact) mass is 420 g/mol. The molecule has 4 N–H and O–H groups in total. The first-order valence-corrected chi connectivity index (χ1v) is 10.6. The summed E-state index contributed by atoms with van der Waals surface area (Å²) in [6.07, 6.45) is -3.65. The number of hydrogen-bond acceptors (Lipinski definition) is 9. The Kier molecular flexibility index (Phi) is 8.62. The van der Waals surface area contributed by atoms with Gasteiger partial charge in [-0.15, -0.1) is 0 Å². The lowest BCUT2D eigenvalue weighted by Crippen LogP contribution is -2.59. The molecule has 1 aromatic rings. The lowest BCUT2D eigenvalue weighted by molar-refractivity contribution is -0.277. The highest BCUT2D eigenvalue weighted by molar-refractivity contribution is 7.82. The third-order valence-corrected chi connectivity index (χ3v) is 5.33. The minimum atomic E-state index is -4.66. The fourth-order valence-electron chi connectivity index (χ4n) is 2.93. The first-order valence-electron chi connectivity index (χ1n) is 9.30. The second-order valence-electron chi connectivity index (χ2n) is 6.70. The molecular formula is C18H28O9S. The molecule has 5 atom stereocenters. The van der Waals surface area contributed by atoms with E-state index in [9.17, 15) is 23.7 Å². The summed E-state index contributed by atoms with van der Waals surface area (Å²) in [5, 5.41) is 38.5. The van der Waals surface area contributed by atoms with Gasteiger partial charge in [-0.3, -0.25) is 0 Å². The summed E-state index contributed by atoms with van der Waals surface area (Å²) >= 11 is 0. The van der Waals surface area contributed by atoms with Crippen LogP contribution in [-0.4, -0.2) is 66.2 Å². The van der Waals surface area contributed by atoms with E-state index >= 15 is 0 Å². The molecule has 9 nitrogen and oxygen atoms in total. The molecule has 1 aliphatic heterocycles. The van der Waals surface area contributed by atoms with Crippen LogP contribution in [0.5, 0.6) is 5.75 Å². The molecule has 28 heavy (non-hydrogen) atoms. The van der Waals surface area contributed by atoms with Crippen molar-refractivity contribution in [2.24, 2.45) is 0 Å². The SMILES string of the molecule is CCCCCCc1ccccc1OS(=O)(=O)O[C@@H]1O[C@H](CO)[C@H](O)[C@H](O)[C@H]1O. The normalized spacial score (nSPS) is 28.2. The van der Waals surface area contributed by atoms with Gasteiger partial charge in [0, 0.05) is 0 Å². The number of benzene rings is 1. The maximum absolute atomic E-state index is 12.3. The Balaban J connectivity index is 2.05. The van der Waals surface area contributed by atoms with E-state index in [2.05, 4.69) is 6.92 Å². The van der Waals surface area contributed by atoms with Crippen molar-refractivity contribution in [2.45, 2.75) is 69.7 Å². The summed E-state index contributed by atoms with van der Waals surface area (Å²) in [7, 11) is -4.66. The van der Waals surface area contributed by atoms with Gasteiger partial charge in [0.25, 0.3) is 0 Å². The number of unbranched alkanes of at least 4 members (excludes halogenated alkanes) is 3. The molecule has 2 rings (SSSR count). The first kappa shape index (κ1) is 23.0. The lowest BCUT2D eigenvalue weighted by Gasteiger charge is -2.38. The Morgan fingerprint density at radius 3 is 2.43 bits per heavy atom. The average Bonchev–Trinajstić information content (AvgIpc) is 2.66. The van der Waals surface area contributed by atoms with Crippen molar-refractivity contribution < 1.29 is 41.9 Å². The topological polar surface area (TPSA) is 143 Å². The Labute approximate surface area is 164 Å². The molecule has 0 saturated carbocycles. The van der Waals surface area contributed by atoms with Crippen LogP contribution in [0.15, 0.2) is 24.3 Å². The van der Waals surface area contributed by atoms with E-state index < -0.39 is 47.7 Å². The number of aryl methyl sites for hydroxylation is 1. The van der Waals surface area contributed by atoms with E-state index in [1.807, 2.05) is 0 Å². The zero-order valence-corrected chi connectivity index (χ0v) is 16.5. The largest absolute Gasteiger partial charge is 0.451 e. The zero-order chi connectivity index (χ0) is 20.7. The van der Waals surface area contributed by atoms with Crippen LogP contribution < -0.4 is 4.18 Å². The minimum absolute atomic E-state index is 0.101. The number of ether oxygens (including phenoxy) is 1. The zero-order valence-electron chi connectivity index (χ0n) is 15.7. The van der Waals surface area contributed by atoms with Gasteiger partial charge in [0.2, 0.25) is 6.29 Å². The van der Waals surface area contributed by atoms with Gasteiger partial charge in [-0.2, -0.15) is 8.42 Å². The highest BCUT2D eigenvalue weighted by Gasteiger charge is 2.46. The molecule has 0 amide bonds. The fraction of sp³-hybridized carbons (Fsp3) is 0.667. The third kappa shape index (κ3) is 6.11. The molecule has 160 valence electrons. The van der Waals surface area contributed by atoms with Gasteiger partial charge in [0.1, 0.15) is 30.2 Å². The molecular weight excluding hydrogens is 392 g/mol. The van der Waals surface area contributed by atoms with Gasteiger partial charge >= 0.3 is 10.4 Å². The summed E-state index contributed by atoms with van der Waals surface area (Å²) in [6.45, 7) is 1.40. The molecule has 1 fully saturated rings. The summed E-state index contributed by atoms with van der Waals surface area (Å²) in [4.78, 5) is 0. The van der Waals surface area contributed by atoms with Crippen molar-refractivity contribution in [2.75, 3.05) is 6.61 Å². The summed E-state index contributed by atoms with van der Waals surface area (Å²) < 4.78 is 39.4. The molecule has 1 aromatic carbocycles. The second-order valence-corrected chi connectivity index (χ2v) is 7.88. The lowest BCUT2D eigenvalue weighted by atomic mass is 10.00. The number of aliphatic hydroxyl groups excluding tert-OH is 4. The van der Waals surface area contributed by atoms with E-state index in [1.54, 1.807) is 18.2 Å². The molecule has 0 aliphatic carbocycles. The van der Waals surface area contributed by atoms with E-state index in [1.165, 1.54) is 6.07 Å². The molecule has 0 aromatic heterocycles. The molecule has 0 spiro atoms. The predicted octanol–water partition coefficient (Wildman–Crippen LogP) is 0.249. The van der Waals surface area contributed by atoms with Gasteiger partial charge in [0.15, 0.2) is 0 Å². The number of para-hydroxylation sites is 1. The van der Waals surface area contributed by atoms with Crippen LogP contribution in [0.4, 0.5) is 0 Å². The van der Waals surface area contributed by atoms with Crippen molar-refractivity contribution in [1.29, 1.82) is 0 Å². The first-order chi connectivity index (χ1) is 13.3. The number of aliphatic hydroxyl groups is 4. The summed E-state index contributed by atoms with van der Waals surface area (Å²) in [5.74, 6) is 0.101. The fourth-order valence-corrected chi connectivity index (χ4v) is 3.74. The van der Waals surface area contributed by atoms with Crippen molar-refractivity contribution in [3.8, 4) is 5.75 Å². The molecule has 10 heteroatoms. The molecule has 0 radical (unpaired) electrons. The maximum atomic E-state index is 12.3. The molecule has 0 unspecified atom stereocenters. The predicted molar refractivity (Wildman–Crippen MR) is 98.7 cm³/mol. The molecule has 0 bridgehead atoms. The van der Waals surface area contributed by atoms with E-state index in [-0.39, 0.29) is 5.75 Å². The third-order valence-electron chi connectivity index (χ3n) is 4.53. The smallest absolute Gasteiger partial charge is 0.394 e. The van der Waals surface area contributed by atoms with E-state index in [0.29, 0.717) is 12.0 Å². The molecule has 1 heterocycles. The Hall–Kier alpha value is -1.27. The van der Waals surface area contributed by atoms with Crippen molar-refractivity contribution in [3.05, 3.63) is 29.8 Å². The molecule has 1 saturated heterocycles. The van der Waals surface area contributed by atoms with Crippen molar-refractivity contribution in [1.82, 2.24) is 0 Å². The summed E-state index contributed by atoms with van der Waals surface area (Å²) in [5.41, 5.74) is 0.694. The number of hydrogen-bond donors (Lipinski definition) is 4. The minimum Gasteiger partial charge on any atom is -0.394 e. The van der Waals surface area contributed by atoms with Gasteiger partial charge in [-0.1, -0.05) is 44.4 Å². The van der Waals surface area contributed by atoms with Crippen molar-refractivity contribution in [3.63, 3.8) is 0 Å². The van der Waals surface area contributed by atoms with Gasteiger partial charge < -0.3 is 29.3 Å². The maximum Gasteiger partial charge on any atom is 0.451 e. The van der Waals surface area contributed by atoms with Crippen LogP contribution in [0.3, 0.4) is 0 Å². The van der Waals surface area contributed by atoms with Crippen LogP contribution in [0.1, 0.15) is 38.2 Å². The Bertz CT molecular complexity index is 707. The molecule has 1 aliphatic rings. The van der Waals surface area contributed by atoms with Crippen LogP contribution in [-0.2, 0) is 25.7 Å². The Morgan fingerprint density at radius 1 is 1.04 bits per heavy atom. The van der Waals surface area contributed by atoms with Gasteiger partial charge in [-0.05, 0) is 24.5 Å². The highest BCUT2D eigenvalue weighted by Crippen LogP contribution is 2.26. The van der Waals surface area contributed by atoms with Crippen LogP contribution >= 0.6 is 0 Å². The van der Waals surface area contributed by atoms with Gasteiger partial charge in [-0.25, -0.2) is 4.18 Å². The quantitative estimate of drug-likeness (QED) is 0.392. The second kappa shape index (κ2) is 10.5. The average molecular weight is 420 g/mol. The Morgan fingerprint density at radius 2 is 1.75 bits per heavy atom. The number of rotatable bonds is 10. The van der Waals surface area contributed by atoms with E-state index in [4.69, 9.17) is 18.2 Å². The highest BCUT2D eigenvalue weighted by atomic mass is 32.3. The van der Waals surface area contributed by atoms with E-state index in [0.717, 1.165) is 25.7 Å².